The first-order valence-electron chi connectivity index (χ1n) is 6.45. The first-order chi connectivity index (χ1) is 7.00. The topological polar surface area (TPSA) is 40.5 Å². The summed E-state index contributed by atoms with van der Waals surface area (Å²) in [5.41, 5.74) is -2.51. The molecule has 0 aliphatic heterocycles. The first kappa shape index (κ1) is 16.9. The van der Waals surface area contributed by atoms with Gasteiger partial charge in [-0.05, 0) is 43.9 Å². The van der Waals surface area contributed by atoms with Gasteiger partial charge in [0.15, 0.2) is 0 Å². The standard InChI is InChI=1S/C15H32O2/c1-11(2,12(3,4)14(7,8)16)13(5,6)15(9,10)17/h16-17H,1-10H3. The molecule has 0 aromatic carbocycles. The van der Waals surface area contributed by atoms with Gasteiger partial charge >= 0.3 is 0 Å². The second-order valence-corrected chi connectivity index (χ2v) is 7.99. The van der Waals surface area contributed by atoms with E-state index in [4.69, 9.17) is 0 Å². The van der Waals surface area contributed by atoms with E-state index in [-0.39, 0.29) is 16.2 Å². The summed E-state index contributed by atoms with van der Waals surface area (Å²) in [4.78, 5) is 0. The van der Waals surface area contributed by atoms with Gasteiger partial charge in [-0.15, -0.1) is 0 Å². The number of hydrogen-bond acceptors (Lipinski definition) is 2. The molecular formula is C15H32O2. The van der Waals surface area contributed by atoms with Gasteiger partial charge in [-0.1, -0.05) is 41.5 Å². The summed E-state index contributed by atoms with van der Waals surface area (Å²) in [5.74, 6) is 0. The largest absolute Gasteiger partial charge is 0.390 e. The van der Waals surface area contributed by atoms with Crippen molar-refractivity contribution in [3.8, 4) is 0 Å². The molecule has 0 saturated carbocycles. The van der Waals surface area contributed by atoms with Crippen LogP contribution in [0.5, 0.6) is 0 Å². The van der Waals surface area contributed by atoms with Crippen molar-refractivity contribution in [2.45, 2.75) is 80.4 Å². The van der Waals surface area contributed by atoms with E-state index in [9.17, 15) is 10.2 Å². The molecule has 17 heavy (non-hydrogen) atoms. The molecule has 0 fully saturated rings. The van der Waals surface area contributed by atoms with Crippen molar-refractivity contribution in [3.05, 3.63) is 0 Å². The fourth-order valence-electron chi connectivity index (χ4n) is 2.31. The van der Waals surface area contributed by atoms with E-state index < -0.39 is 11.2 Å². The zero-order valence-electron chi connectivity index (χ0n) is 13.4. The highest BCUT2D eigenvalue weighted by Crippen LogP contribution is 2.59. The number of hydrogen-bond donors (Lipinski definition) is 2. The van der Waals surface area contributed by atoms with Crippen LogP contribution in [0.15, 0.2) is 0 Å². The van der Waals surface area contributed by atoms with Gasteiger partial charge in [-0.2, -0.15) is 0 Å². The van der Waals surface area contributed by atoms with Crippen molar-refractivity contribution in [2.24, 2.45) is 16.2 Å². The maximum absolute atomic E-state index is 10.4. The van der Waals surface area contributed by atoms with E-state index in [0.29, 0.717) is 0 Å². The van der Waals surface area contributed by atoms with Crippen LogP contribution in [0, 0.1) is 16.2 Å². The molecule has 0 aromatic rings. The van der Waals surface area contributed by atoms with Gasteiger partial charge in [0.2, 0.25) is 0 Å². The average molecular weight is 244 g/mol. The summed E-state index contributed by atoms with van der Waals surface area (Å²) < 4.78 is 0. The minimum absolute atomic E-state index is 0.240. The molecule has 0 rings (SSSR count). The third kappa shape index (κ3) is 2.39. The fourth-order valence-corrected chi connectivity index (χ4v) is 2.31. The van der Waals surface area contributed by atoms with E-state index in [2.05, 4.69) is 41.5 Å². The molecule has 0 bridgehead atoms. The highest BCUT2D eigenvalue weighted by Gasteiger charge is 2.58. The lowest BCUT2D eigenvalue weighted by Gasteiger charge is -2.60. The molecule has 0 unspecified atom stereocenters. The third-order valence-electron chi connectivity index (χ3n) is 6.18. The molecule has 0 heterocycles. The Morgan fingerprint density at radius 3 is 0.706 bits per heavy atom. The fraction of sp³-hybridized carbons (Fsp3) is 1.00. The van der Waals surface area contributed by atoms with Crippen LogP contribution >= 0.6 is 0 Å². The minimum Gasteiger partial charge on any atom is -0.390 e. The predicted octanol–water partition coefficient (Wildman–Crippen LogP) is 3.61. The number of aliphatic hydroxyl groups is 2. The Labute approximate surface area is 107 Å². The molecule has 0 spiro atoms. The summed E-state index contributed by atoms with van der Waals surface area (Å²) in [6.07, 6.45) is 0. The normalized spacial score (nSPS) is 16.2. The summed E-state index contributed by atoms with van der Waals surface area (Å²) in [7, 11) is 0. The summed E-state index contributed by atoms with van der Waals surface area (Å²) in [5, 5.41) is 20.9. The highest BCUT2D eigenvalue weighted by atomic mass is 16.3. The van der Waals surface area contributed by atoms with Gasteiger partial charge < -0.3 is 10.2 Å². The van der Waals surface area contributed by atoms with Gasteiger partial charge in [-0.25, -0.2) is 0 Å². The van der Waals surface area contributed by atoms with Gasteiger partial charge in [0.05, 0.1) is 11.2 Å². The lowest BCUT2D eigenvalue weighted by molar-refractivity contribution is -0.195. The molecule has 0 radical (unpaired) electrons. The molecule has 0 saturated heterocycles. The van der Waals surface area contributed by atoms with E-state index in [0.717, 1.165) is 0 Å². The molecule has 0 aliphatic rings. The van der Waals surface area contributed by atoms with Crippen LogP contribution in [0.4, 0.5) is 0 Å². The van der Waals surface area contributed by atoms with Crippen molar-refractivity contribution in [3.63, 3.8) is 0 Å². The van der Waals surface area contributed by atoms with Gasteiger partial charge in [-0.3, -0.25) is 0 Å². The Kier molecular flexibility index (Phi) is 3.94. The van der Waals surface area contributed by atoms with Crippen molar-refractivity contribution >= 4 is 0 Å². The highest BCUT2D eigenvalue weighted by molar-refractivity contribution is 5.07. The summed E-state index contributed by atoms with van der Waals surface area (Å²) in [6, 6.07) is 0. The quantitative estimate of drug-likeness (QED) is 0.793. The lowest BCUT2D eigenvalue weighted by atomic mass is 9.47. The van der Waals surface area contributed by atoms with Crippen LogP contribution in [0.2, 0.25) is 0 Å². The van der Waals surface area contributed by atoms with Crippen LogP contribution in [0.1, 0.15) is 69.2 Å². The number of rotatable bonds is 4. The molecule has 2 nitrogen and oxygen atoms in total. The van der Waals surface area contributed by atoms with E-state index >= 15 is 0 Å². The smallest absolute Gasteiger partial charge is 0.0647 e. The monoisotopic (exact) mass is 244 g/mol. The summed E-state index contributed by atoms with van der Waals surface area (Å²) >= 11 is 0. The first-order valence-corrected chi connectivity index (χ1v) is 6.45. The SMILES string of the molecule is CC(C)(O)C(C)(C)C(C)(C)C(C)(C)C(C)(C)O. The molecule has 0 aromatic heterocycles. The second kappa shape index (κ2) is 3.96. The zero-order valence-corrected chi connectivity index (χ0v) is 13.4. The van der Waals surface area contributed by atoms with Gasteiger partial charge in [0.1, 0.15) is 0 Å². The van der Waals surface area contributed by atoms with Crippen LogP contribution < -0.4 is 0 Å². The van der Waals surface area contributed by atoms with Crippen molar-refractivity contribution < 1.29 is 10.2 Å². The summed E-state index contributed by atoms with van der Waals surface area (Å²) in [6.45, 7) is 19.9. The van der Waals surface area contributed by atoms with Crippen molar-refractivity contribution in [2.75, 3.05) is 0 Å². The van der Waals surface area contributed by atoms with Crippen LogP contribution in [-0.4, -0.2) is 21.4 Å². The molecular weight excluding hydrogens is 212 g/mol. The Hall–Kier alpha value is -0.0800. The third-order valence-corrected chi connectivity index (χ3v) is 6.18. The Morgan fingerprint density at radius 2 is 0.588 bits per heavy atom. The average Bonchev–Trinajstić information content (AvgIpc) is 1.98. The van der Waals surface area contributed by atoms with E-state index in [1.165, 1.54) is 0 Å². The van der Waals surface area contributed by atoms with Gasteiger partial charge in [0, 0.05) is 0 Å². The maximum Gasteiger partial charge on any atom is 0.0647 e. The minimum atomic E-state index is -0.807. The molecule has 2 N–H and O–H groups in total. The van der Waals surface area contributed by atoms with Gasteiger partial charge in [0.25, 0.3) is 0 Å². The Bertz CT molecular complexity index is 244. The lowest BCUT2D eigenvalue weighted by Crippen LogP contribution is -2.60. The molecule has 0 atom stereocenters. The maximum atomic E-state index is 10.4. The van der Waals surface area contributed by atoms with Crippen molar-refractivity contribution in [1.82, 2.24) is 0 Å². The van der Waals surface area contributed by atoms with Crippen LogP contribution in [-0.2, 0) is 0 Å². The zero-order chi connectivity index (χ0) is 14.5. The molecule has 0 aliphatic carbocycles. The van der Waals surface area contributed by atoms with Crippen molar-refractivity contribution in [1.29, 1.82) is 0 Å². The van der Waals surface area contributed by atoms with E-state index in [1.807, 2.05) is 27.7 Å². The Balaban J connectivity index is 5.73. The molecule has 0 amide bonds. The van der Waals surface area contributed by atoms with Crippen LogP contribution in [0.3, 0.4) is 0 Å². The predicted molar refractivity (Wildman–Crippen MR) is 73.9 cm³/mol. The Morgan fingerprint density at radius 1 is 0.412 bits per heavy atom. The molecule has 2 heteroatoms. The molecule has 104 valence electrons. The van der Waals surface area contributed by atoms with E-state index in [1.54, 1.807) is 0 Å². The second-order valence-electron chi connectivity index (χ2n) is 7.99. The van der Waals surface area contributed by atoms with Crippen LogP contribution in [0.25, 0.3) is 0 Å².